The lowest BCUT2D eigenvalue weighted by molar-refractivity contribution is 0.101. The number of benzene rings is 2. The summed E-state index contributed by atoms with van der Waals surface area (Å²) < 4.78 is 1.69. The summed E-state index contributed by atoms with van der Waals surface area (Å²) in [5.74, 6) is 1.82. The summed E-state index contributed by atoms with van der Waals surface area (Å²) in [6.07, 6.45) is 0. The molecule has 0 aliphatic carbocycles. The number of hydrogen-bond acceptors (Lipinski definition) is 6. The Hall–Kier alpha value is -4.11. The topological polar surface area (TPSA) is 101 Å². The van der Waals surface area contributed by atoms with E-state index in [1.807, 2.05) is 86.0 Å². The number of para-hydroxylation sites is 2. The molecule has 5 rings (SSSR count). The number of amides is 1. The molecular weight excluding hydrogens is 434 g/mol. The van der Waals surface area contributed by atoms with Crippen molar-refractivity contribution < 1.29 is 4.79 Å². The van der Waals surface area contributed by atoms with Gasteiger partial charge in [-0.1, -0.05) is 50.2 Å². The largest absolute Gasteiger partial charge is 0.319 e. The van der Waals surface area contributed by atoms with Crippen LogP contribution in [-0.2, 0) is 0 Å². The van der Waals surface area contributed by atoms with Crippen LogP contribution in [0.25, 0.3) is 27.8 Å². The minimum Gasteiger partial charge on any atom is -0.319 e. The van der Waals surface area contributed by atoms with Crippen LogP contribution < -0.4 is 5.32 Å². The van der Waals surface area contributed by atoms with Crippen molar-refractivity contribution in [2.24, 2.45) is 0 Å². The molecule has 1 amide bonds. The molecule has 0 aliphatic rings. The monoisotopic (exact) mass is 455 g/mol. The molecule has 0 aliphatic heterocycles. The minimum atomic E-state index is -0.408. The molecule has 0 fully saturated rings. The molecular formula is C24H21N7OS. The van der Waals surface area contributed by atoms with Crippen LogP contribution in [0.2, 0.25) is 0 Å². The summed E-state index contributed by atoms with van der Waals surface area (Å²) in [6, 6.07) is 21.0. The van der Waals surface area contributed by atoms with Gasteiger partial charge >= 0.3 is 0 Å². The van der Waals surface area contributed by atoms with Gasteiger partial charge in [0.1, 0.15) is 5.82 Å². The summed E-state index contributed by atoms with van der Waals surface area (Å²) in [6.45, 7) is 4.08. The minimum absolute atomic E-state index is 0.0786. The van der Waals surface area contributed by atoms with E-state index < -0.39 is 5.91 Å². The van der Waals surface area contributed by atoms with Crippen molar-refractivity contribution in [3.8, 4) is 27.8 Å². The lowest BCUT2D eigenvalue weighted by Gasteiger charge is -2.07. The Morgan fingerprint density at radius 2 is 1.79 bits per heavy atom. The van der Waals surface area contributed by atoms with Crippen LogP contribution in [0.1, 0.15) is 36.2 Å². The van der Waals surface area contributed by atoms with Gasteiger partial charge in [-0.15, -0.1) is 16.4 Å². The molecule has 8 nitrogen and oxygen atoms in total. The first-order chi connectivity index (χ1) is 16.1. The molecule has 164 valence electrons. The summed E-state index contributed by atoms with van der Waals surface area (Å²) in [4.78, 5) is 23.2. The number of thiophene rings is 1. The maximum Gasteiger partial charge on any atom is 0.295 e. The van der Waals surface area contributed by atoms with Crippen molar-refractivity contribution in [1.29, 1.82) is 0 Å². The van der Waals surface area contributed by atoms with E-state index in [1.54, 1.807) is 16.0 Å². The number of hydrogen-bond donors (Lipinski definition) is 2. The Morgan fingerprint density at radius 3 is 2.52 bits per heavy atom. The van der Waals surface area contributed by atoms with Crippen molar-refractivity contribution in [2.45, 2.75) is 19.8 Å². The van der Waals surface area contributed by atoms with Crippen molar-refractivity contribution in [3.63, 3.8) is 0 Å². The Kier molecular flexibility index (Phi) is 5.54. The maximum atomic E-state index is 13.2. The van der Waals surface area contributed by atoms with Crippen molar-refractivity contribution in [1.82, 2.24) is 29.9 Å². The number of carbonyl (C=O) groups is 1. The van der Waals surface area contributed by atoms with E-state index in [-0.39, 0.29) is 11.7 Å². The van der Waals surface area contributed by atoms with Crippen molar-refractivity contribution in [2.75, 3.05) is 5.32 Å². The SMILES string of the molecule is CC(C)c1nc(-c2ccccc2NC(=O)c2nc(-c3cccs3)n(-c3ccccc3)n2)n[nH]1. The van der Waals surface area contributed by atoms with E-state index in [1.165, 1.54) is 0 Å². The summed E-state index contributed by atoms with van der Waals surface area (Å²) in [5, 5.41) is 16.7. The van der Waals surface area contributed by atoms with Crippen molar-refractivity contribution >= 4 is 22.9 Å². The van der Waals surface area contributed by atoms with Gasteiger partial charge in [0.15, 0.2) is 11.6 Å². The van der Waals surface area contributed by atoms with Gasteiger partial charge in [-0.05, 0) is 35.7 Å². The van der Waals surface area contributed by atoms with Crippen LogP contribution in [0.4, 0.5) is 5.69 Å². The van der Waals surface area contributed by atoms with Crippen LogP contribution in [-0.4, -0.2) is 35.9 Å². The number of aromatic amines is 1. The van der Waals surface area contributed by atoms with Gasteiger partial charge in [0.05, 0.1) is 16.3 Å². The predicted molar refractivity (Wildman–Crippen MR) is 129 cm³/mol. The standard InChI is InChI=1S/C24H21N7OS/c1-15(2)20-26-21(29-28-20)17-11-6-7-12-18(17)25-24(32)22-27-23(19-13-8-14-33-19)31(30-22)16-9-4-3-5-10-16/h3-15H,1-2H3,(H,25,32)(H,26,28,29). The van der Waals surface area contributed by atoms with E-state index in [4.69, 9.17) is 0 Å². The van der Waals surface area contributed by atoms with Gasteiger partial charge in [0.25, 0.3) is 5.91 Å². The maximum absolute atomic E-state index is 13.2. The van der Waals surface area contributed by atoms with E-state index >= 15 is 0 Å². The second-order valence-corrected chi connectivity index (χ2v) is 8.63. The lowest BCUT2D eigenvalue weighted by Crippen LogP contribution is -2.15. The molecule has 0 atom stereocenters. The summed E-state index contributed by atoms with van der Waals surface area (Å²) in [7, 11) is 0. The number of nitrogens with zero attached hydrogens (tertiary/aromatic N) is 5. The molecule has 5 aromatic rings. The highest BCUT2D eigenvalue weighted by atomic mass is 32.1. The number of nitrogens with one attached hydrogen (secondary N) is 2. The van der Waals surface area contributed by atoms with Crippen molar-refractivity contribution in [3.05, 3.63) is 83.8 Å². The lowest BCUT2D eigenvalue weighted by atomic mass is 10.1. The van der Waals surface area contributed by atoms with Crippen LogP contribution in [0.15, 0.2) is 72.1 Å². The van der Waals surface area contributed by atoms with Gasteiger partial charge in [0, 0.05) is 11.5 Å². The molecule has 2 N–H and O–H groups in total. The van der Waals surface area contributed by atoms with Crippen LogP contribution in [0.5, 0.6) is 0 Å². The first kappa shape index (κ1) is 20.8. The zero-order valence-electron chi connectivity index (χ0n) is 18.1. The molecule has 0 spiro atoms. The highest BCUT2D eigenvalue weighted by Crippen LogP contribution is 2.28. The molecule has 3 aromatic heterocycles. The number of rotatable bonds is 6. The number of carbonyl (C=O) groups excluding carboxylic acids is 1. The van der Waals surface area contributed by atoms with E-state index in [9.17, 15) is 4.79 Å². The third kappa shape index (κ3) is 4.18. The van der Waals surface area contributed by atoms with Crippen LogP contribution in [0, 0.1) is 0 Å². The Bertz CT molecular complexity index is 1390. The predicted octanol–water partition coefficient (Wildman–Crippen LogP) is 5.16. The van der Waals surface area contributed by atoms with Gasteiger partial charge in [-0.2, -0.15) is 5.10 Å². The Morgan fingerprint density at radius 1 is 1.00 bits per heavy atom. The number of aromatic nitrogens is 6. The second-order valence-electron chi connectivity index (χ2n) is 7.68. The molecule has 0 saturated heterocycles. The molecule has 0 unspecified atom stereocenters. The Balaban J connectivity index is 1.49. The molecule has 33 heavy (non-hydrogen) atoms. The highest BCUT2D eigenvalue weighted by molar-refractivity contribution is 7.13. The van der Waals surface area contributed by atoms with Crippen LogP contribution >= 0.6 is 11.3 Å². The molecule has 2 aromatic carbocycles. The third-order valence-corrected chi connectivity index (χ3v) is 5.88. The quantitative estimate of drug-likeness (QED) is 0.368. The second kappa shape index (κ2) is 8.79. The average Bonchev–Trinajstić information content (AvgIpc) is 3.60. The van der Waals surface area contributed by atoms with Gasteiger partial charge in [0.2, 0.25) is 5.82 Å². The Labute approximate surface area is 194 Å². The fraction of sp³-hybridized carbons (Fsp3) is 0.125. The molecule has 0 saturated carbocycles. The normalized spacial score (nSPS) is 11.1. The third-order valence-electron chi connectivity index (χ3n) is 5.02. The van der Waals surface area contributed by atoms with Gasteiger partial charge < -0.3 is 5.32 Å². The molecule has 3 heterocycles. The zero-order chi connectivity index (χ0) is 22.8. The smallest absolute Gasteiger partial charge is 0.295 e. The fourth-order valence-electron chi connectivity index (χ4n) is 3.34. The first-order valence-corrected chi connectivity index (χ1v) is 11.4. The fourth-order valence-corrected chi connectivity index (χ4v) is 4.04. The summed E-state index contributed by atoms with van der Waals surface area (Å²) >= 11 is 1.54. The molecule has 9 heteroatoms. The zero-order valence-corrected chi connectivity index (χ0v) is 18.9. The van der Waals surface area contributed by atoms with E-state index in [2.05, 4.69) is 30.6 Å². The number of H-pyrrole nitrogens is 1. The molecule has 0 bridgehead atoms. The van der Waals surface area contributed by atoms with E-state index in [0.717, 1.165) is 22.0 Å². The van der Waals surface area contributed by atoms with Gasteiger partial charge in [-0.3, -0.25) is 9.89 Å². The average molecular weight is 456 g/mol. The first-order valence-electron chi connectivity index (χ1n) is 10.5. The van der Waals surface area contributed by atoms with Crippen LogP contribution in [0.3, 0.4) is 0 Å². The highest BCUT2D eigenvalue weighted by Gasteiger charge is 2.21. The molecule has 0 radical (unpaired) electrons. The van der Waals surface area contributed by atoms with E-state index in [0.29, 0.717) is 17.3 Å². The number of anilines is 1. The summed E-state index contributed by atoms with van der Waals surface area (Å²) in [5.41, 5.74) is 2.13. The van der Waals surface area contributed by atoms with Gasteiger partial charge in [-0.25, -0.2) is 14.6 Å².